The summed E-state index contributed by atoms with van der Waals surface area (Å²) in [4.78, 5) is 36.5. The van der Waals surface area contributed by atoms with Crippen molar-refractivity contribution < 1.29 is 0 Å². The van der Waals surface area contributed by atoms with Crippen LogP contribution >= 0.6 is 0 Å². The molecule has 0 bridgehead atoms. The molecule has 21 rings (SSSR count). The molecule has 0 spiro atoms. The zero-order valence-corrected chi connectivity index (χ0v) is 61.6. The molecular weight excluding hydrogens is 1390 g/mol. The Morgan fingerprint density at radius 1 is 0.228 bits per heavy atom. The van der Waals surface area contributed by atoms with Crippen LogP contribution in [0.3, 0.4) is 0 Å². The highest BCUT2D eigenvalue weighted by atomic mass is 15.2. The lowest BCUT2D eigenvalue weighted by molar-refractivity contribution is 1.06. The van der Waals surface area contributed by atoms with Crippen LogP contribution in [0.2, 0.25) is 0 Å². The summed E-state index contributed by atoms with van der Waals surface area (Å²) in [7, 11) is 0. The van der Waals surface area contributed by atoms with E-state index in [1.165, 1.54) is 16.4 Å². The fourth-order valence-electron chi connectivity index (χ4n) is 16.7. The fraction of sp³-hybridized carbons (Fsp3) is 0. The van der Waals surface area contributed by atoms with Gasteiger partial charge in [0.05, 0.1) is 28.4 Å². The minimum absolute atomic E-state index is 0.223. The highest BCUT2D eigenvalue weighted by molar-refractivity contribution is 7.00. The summed E-state index contributed by atoms with van der Waals surface area (Å²) < 4.78 is 2.30. The second kappa shape index (κ2) is 28.2. The van der Waals surface area contributed by atoms with Crippen LogP contribution < -0.4 is 26.2 Å². The summed E-state index contributed by atoms with van der Waals surface area (Å²) in [6, 6.07) is 142. The molecule has 3 aromatic heterocycles. The third-order valence-corrected chi connectivity index (χ3v) is 22.1. The van der Waals surface area contributed by atoms with E-state index >= 15 is 0 Å². The van der Waals surface area contributed by atoms with Gasteiger partial charge in [-0.05, 0) is 169 Å². The molecule has 2 aliphatic heterocycles. The summed E-state index contributed by atoms with van der Waals surface area (Å²) >= 11 is 0. The van der Waals surface area contributed by atoms with Gasteiger partial charge in [0.25, 0.3) is 6.71 Å². The predicted octanol–water partition coefficient (Wildman–Crippen LogP) is 23.4. The lowest BCUT2D eigenvalue weighted by Gasteiger charge is -2.44. The lowest BCUT2D eigenvalue weighted by atomic mass is 9.33. The molecule has 0 fully saturated rings. The molecule has 19 aromatic rings. The first-order valence-corrected chi connectivity index (χ1v) is 38.3. The average Bonchev–Trinajstić information content (AvgIpc) is 0.802. The highest BCUT2D eigenvalue weighted by Gasteiger charge is 2.44. The summed E-state index contributed by atoms with van der Waals surface area (Å²) in [6.45, 7) is -0.223. The van der Waals surface area contributed by atoms with E-state index in [-0.39, 0.29) is 6.71 Å². The maximum absolute atomic E-state index is 10.9. The Morgan fingerprint density at radius 2 is 0.526 bits per heavy atom. The second-order valence-electron chi connectivity index (χ2n) is 28.9. The van der Waals surface area contributed by atoms with Crippen LogP contribution in [-0.4, -0.2) is 41.2 Å². The Bertz CT molecular complexity index is 6630. The van der Waals surface area contributed by atoms with Gasteiger partial charge in [-0.1, -0.05) is 297 Å². The van der Waals surface area contributed by atoms with E-state index in [0.29, 0.717) is 46.1 Å². The molecule has 16 aromatic carbocycles. The number of nitriles is 1. The Balaban J connectivity index is 0.836. The molecule has 114 heavy (non-hydrogen) atoms. The predicted molar refractivity (Wildman–Crippen MR) is 466 cm³/mol. The van der Waals surface area contributed by atoms with Crippen LogP contribution in [0.25, 0.3) is 151 Å². The Morgan fingerprint density at radius 3 is 0.912 bits per heavy atom. The Hall–Kier alpha value is -15.5. The molecule has 0 N–H and O–H groups in total. The first-order chi connectivity index (χ1) is 56.4. The molecule has 10 nitrogen and oxygen atoms in total. The number of rotatable bonds is 14. The molecule has 0 radical (unpaired) electrons. The van der Waals surface area contributed by atoms with Crippen molar-refractivity contribution in [3.8, 4) is 136 Å². The molecule has 0 atom stereocenters. The molecule has 2 aliphatic rings. The van der Waals surface area contributed by atoms with Gasteiger partial charge in [0.15, 0.2) is 34.9 Å². The molecule has 530 valence electrons. The first kappa shape index (κ1) is 66.7. The fourth-order valence-corrected chi connectivity index (χ4v) is 16.7. The van der Waals surface area contributed by atoms with E-state index in [0.717, 1.165) is 145 Å². The van der Waals surface area contributed by atoms with Crippen molar-refractivity contribution in [3.05, 3.63) is 400 Å². The molecule has 11 heteroatoms. The smallest absolute Gasteiger partial charge is 0.252 e. The SMILES string of the molecule is N#Cc1ccc(-n2c3ccc(-c4cc5c6c(c4)N(c4ccc(-c7ccccc7)cc4)c4ccc(-c7ccccc7)cc4B6c4cc(-c6ccccc6)ccc4N5c4ccc(-c5ccccc5)cc4)cc3c3cc(-c4nc(-c5ccccc5)nc(-c5ccccc5)n4)ccc32)c(-c2nc(-c3ccccc3)nc(-c3ccccc3)n2)c1. The largest absolute Gasteiger partial charge is 0.311 e. The average molecular weight is 1450 g/mol. The van der Waals surface area contributed by atoms with Crippen molar-refractivity contribution in [3.63, 3.8) is 0 Å². The third kappa shape index (κ3) is 11.9. The van der Waals surface area contributed by atoms with Gasteiger partial charge in [-0.2, -0.15) is 5.26 Å². The van der Waals surface area contributed by atoms with Crippen LogP contribution in [0.15, 0.2) is 394 Å². The summed E-state index contributed by atoms with van der Waals surface area (Å²) in [5, 5.41) is 12.8. The number of hydrogen-bond donors (Lipinski definition) is 0. The summed E-state index contributed by atoms with van der Waals surface area (Å²) in [5.74, 6) is 3.08. The van der Waals surface area contributed by atoms with E-state index in [4.69, 9.17) is 29.9 Å². The van der Waals surface area contributed by atoms with Gasteiger partial charge < -0.3 is 14.4 Å². The van der Waals surface area contributed by atoms with Crippen LogP contribution in [0.1, 0.15) is 5.56 Å². The van der Waals surface area contributed by atoms with Gasteiger partial charge in [0.1, 0.15) is 0 Å². The van der Waals surface area contributed by atoms with E-state index in [1.54, 1.807) is 0 Å². The maximum Gasteiger partial charge on any atom is 0.252 e. The number of anilines is 6. The summed E-state index contributed by atoms with van der Waals surface area (Å²) in [6.07, 6.45) is 0. The van der Waals surface area contributed by atoms with Crippen LogP contribution in [0, 0.1) is 11.3 Å². The molecule has 0 saturated heterocycles. The van der Waals surface area contributed by atoms with Crippen LogP contribution in [0.5, 0.6) is 0 Å². The molecule has 0 saturated carbocycles. The quantitative estimate of drug-likeness (QED) is 0.0982. The lowest BCUT2D eigenvalue weighted by Crippen LogP contribution is -2.61. The molecule has 5 heterocycles. The van der Waals surface area contributed by atoms with Crippen LogP contribution in [-0.2, 0) is 0 Å². The molecule has 0 aliphatic carbocycles. The number of hydrogen-bond acceptors (Lipinski definition) is 9. The number of benzene rings is 16. The van der Waals surface area contributed by atoms with Crippen molar-refractivity contribution >= 4 is 79.0 Å². The minimum Gasteiger partial charge on any atom is -0.311 e. The molecule has 0 unspecified atom stereocenters. The van der Waals surface area contributed by atoms with Gasteiger partial charge in [-0.25, -0.2) is 29.9 Å². The second-order valence-corrected chi connectivity index (χ2v) is 28.9. The number of aromatic nitrogens is 7. The monoisotopic (exact) mass is 1450 g/mol. The number of nitrogens with zero attached hydrogens (tertiary/aromatic N) is 10. The van der Waals surface area contributed by atoms with Crippen molar-refractivity contribution in [1.29, 1.82) is 5.26 Å². The Kier molecular flexibility index (Phi) is 16.5. The van der Waals surface area contributed by atoms with E-state index in [2.05, 4.69) is 275 Å². The zero-order valence-electron chi connectivity index (χ0n) is 61.6. The maximum atomic E-state index is 10.9. The topological polar surface area (TPSA) is 113 Å². The molecular formula is C103H65BN10. The first-order valence-electron chi connectivity index (χ1n) is 38.3. The normalized spacial score (nSPS) is 12.0. The van der Waals surface area contributed by atoms with Gasteiger partial charge in [-0.15, -0.1) is 0 Å². The van der Waals surface area contributed by atoms with Crippen molar-refractivity contribution in [2.24, 2.45) is 0 Å². The minimum atomic E-state index is -0.223. The van der Waals surface area contributed by atoms with E-state index in [1.807, 2.05) is 140 Å². The standard InChI is InChI=1S/C103H65BN10/c105-66-67-41-54-92(87(59-67)103-110-100(76-37-21-7-22-38-76)107-101(111-103)77-39-23-8-24-40-77)114-90-55-46-78(60-85(90)86-61-81(49-56-91(86)114)102-108-98(74-33-17-5-18-34-74)106-99(109-102)75-35-19-6-20-36-75)82-64-95-97-96(65-82)113(84-52-44-73(45-53-84)69-27-11-2-12-28-69)94-58-48-80(71-31-15-4-16-32-71)63-89(94)104(97)88-62-79(70-29-13-3-14-30-70)47-57-93(88)112(95)83-50-42-72(43-51-83)68-25-9-1-10-26-68/h1-65H. The van der Waals surface area contributed by atoms with Gasteiger partial charge in [0, 0.05) is 78.3 Å². The highest BCUT2D eigenvalue weighted by Crippen LogP contribution is 2.49. The van der Waals surface area contributed by atoms with E-state index < -0.39 is 0 Å². The third-order valence-electron chi connectivity index (χ3n) is 22.1. The zero-order chi connectivity index (χ0) is 75.6. The molecule has 0 amide bonds. The van der Waals surface area contributed by atoms with Crippen LogP contribution in [0.4, 0.5) is 34.1 Å². The van der Waals surface area contributed by atoms with Gasteiger partial charge >= 0.3 is 0 Å². The van der Waals surface area contributed by atoms with E-state index in [9.17, 15) is 5.26 Å². The van der Waals surface area contributed by atoms with Crippen molar-refractivity contribution in [2.75, 3.05) is 9.80 Å². The Labute approximate surface area is 660 Å². The van der Waals surface area contributed by atoms with Gasteiger partial charge in [-0.3, -0.25) is 0 Å². The summed E-state index contributed by atoms with van der Waals surface area (Å²) in [5.41, 5.74) is 29.0. The van der Waals surface area contributed by atoms with Crippen molar-refractivity contribution in [1.82, 2.24) is 34.5 Å². The number of fused-ring (bicyclic) bond motifs is 7. The van der Waals surface area contributed by atoms with Gasteiger partial charge in [0.2, 0.25) is 0 Å². The van der Waals surface area contributed by atoms with Crippen molar-refractivity contribution in [2.45, 2.75) is 0 Å².